The summed E-state index contributed by atoms with van der Waals surface area (Å²) in [6.45, 7) is 5.25. The maximum Gasteiger partial charge on any atom is 0.257 e. The van der Waals surface area contributed by atoms with Crippen molar-refractivity contribution in [2.45, 2.75) is 18.7 Å². The standard InChI is InChI=1S/C26H26Cl2N4O3S2/c1-17-6-10-20(11-7-17)37(34,35)32-14-12-31(13-15-32)24-21(27)4-3-5-23(24)29-26(36)30-25(33)19-9-8-18(2)22(28)16-19/h3-11,16H,12-15H2,1-2H3,(H2,29,30,33,36). The first-order valence-corrected chi connectivity index (χ1v) is 14.2. The van der Waals surface area contributed by atoms with Gasteiger partial charge < -0.3 is 10.2 Å². The normalized spacial score (nSPS) is 14.3. The zero-order valence-electron chi connectivity index (χ0n) is 20.3. The van der Waals surface area contributed by atoms with Crippen LogP contribution < -0.4 is 15.5 Å². The van der Waals surface area contributed by atoms with Crippen LogP contribution in [0.25, 0.3) is 0 Å². The van der Waals surface area contributed by atoms with Gasteiger partial charge in [0.1, 0.15) is 0 Å². The molecule has 1 aliphatic rings. The molecule has 0 atom stereocenters. The van der Waals surface area contributed by atoms with Gasteiger partial charge in [-0.2, -0.15) is 4.31 Å². The lowest BCUT2D eigenvalue weighted by Gasteiger charge is -2.36. The van der Waals surface area contributed by atoms with E-state index < -0.39 is 15.9 Å². The average molecular weight is 578 g/mol. The molecule has 0 bridgehead atoms. The summed E-state index contributed by atoms with van der Waals surface area (Å²) in [6.07, 6.45) is 0. The van der Waals surface area contributed by atoms with Crippen LogP contribution in [0.1, 0.15) is 21.5 Å². The van der Waals surface area contributed by atoms with Crippen LogP contribution in [0.4, 0.5) is 11.4 Å². The molecule has 0 saturated carbocycles. The summed E-state index contributed by atoms with van der Waals surface area (Å²) in [5, 5.41) is 6.80. The molecule has 1 amide bonds. The lowest BCUT2D eigenvalue weighted by Crippen LogP contribution is -2.49. The van der Waals surface area contributed by atoms with E-state index in [4.69, 9.17) is 35.4 Å². The summed E-state index contributed by atoms with van der Waals surface area (Å²) in [6, 6.07) is 17.2. The Bertz CT molecular complexity index is 1440. The van der Waals surface area contributed by atoms with Gasteiger partial charge in [0.2, 0.25) is 10.0 Å². The van der Waals surface area contributed by atoms with Gasteiger partial charge >= 0.3 is 0 Å². The molecule has 0 unspecified atom stereocenters. The number of para-hydroxylation sites is 1. The summed E-state index contributed by atoms with van der Waals surface area (Å²) in [5.41, 5.74) is 3.55. The zero-order chi connectivity index (χ0) is 26.7. The molecule has 7 nitrogen and oxygen atoms in total. The second-order valence-electron chi connectivity index (χ2n) is 8.71. The molecule has 0 aliphatic carbocycles. The minimum Gasteiger partial charge on any atom is -0.366 e. The number of nitrogens with zero attached hydrogens (tertiary/aromatic N) is 2. The van der Waals surface area contributed by atoms with Crippen molar-refractivity contribution in [3.05, 3.63) is 87.4 Å². The minimum absolute atomic E-state index is 0.103. The van der Waals surface area contributed by atoms with Gasteiger partial charge in [0, 0.05) is 36.8 Å². The molecule has 1 heterocycles. The molecule has 2 N–H and O–H groups in total. The van der Waals surface area contributed by atoms with Crippen molar-refractivity contribution < 1.29 is 13.2 Å². The minimum atomic E-state index is -3.59. The molecule has 0 spiro atoms. The van der Waals surface area contributed by atoms with Crippen molar-refractivity contribution in [2.75, 3.05) is 36.4 Å². The molecule has 1 aliphatic heterocycles. The maximum atomic E-state index is 13.1. The van der Waals surface area contributed by atoms with Gasteiger partial charge in [-0.15, -0.1) is 0 Å². The van der Waals surface area contributed by atoms with Gasteiger partial charge in [0.25, 0.3) is 5.91 Å². The van der Waals surface area contributed by atoms with Gasteiger partial charge in [-0.3, -0.25) is 10.1 Å². The number of sulfonamides is 1. The molecule has 37 heavy (non-hydrogen) atoms. The highest BCUT2D eigenvalue weighted by Gasteiger charge is 2.30. The van der Waals surface area contributed by atoms with Crippen molar-refractivity contribution in [3.8, 4) is 0 Å². The van der Waals surface area contributed by atoms with E-state index >= 15 is 0 Å². The molecule has 0 radical (unpaired) electrons. The fourth-order valence-electron chi connectivity index (χ4n) is 4.01. The number of carbonyl (C=O) groups is 1. The van der Waals surface area contributed by atoms with E-state index in [2.05, 4.69) is 10.6 Å². The number of aryl methyl sites for hydroxylation is 2. The fourth-order valence-corrected chi connectivity index (χ4v) is 6.11. The van der Waals surface area contributed by atoms with Crippen LogP contribution >= 0.6 is 35.4 Å². The van der Waals surface area contributed by atoms with Crippen LogP contribution in [0, 0.1) is 13.8 Å². The van der Waals surface area contributed by atoms with Crippen molar-refractivity contribution >= 4 is 67.8 Å². The number of carbonyl (C=O) groups excluding carboxylic acids is 1. The van der Waals surface area contributed by atoms with Gasteiger partial charge in [-0.05, 0) is 68.0 Å². The molecule has 194 valence electrons. The Kier molecular flexibility index (Phi) is 8.40. The third-order valence-corrected chi connectivity index (χ3v) is 8.94. The average Bonchev–Trinajstić information content (AvgIpc) is 2.86. The highest BCUT2D eigenvalue weighted by Crippen LogP contribution is 2.35. The Morgan fingerprint density at radius 3 is 2.24 bits per heavy atom. The van der Waals surface area contributed by atoms with Crippen LogP contribution in [0.2, 0.25) is 10.0 Å². The zero-order valence-corrected chi connectivity index (χ0v) is 23.4. The van der Waals surface area contributed by atoms with Crippen LogP contribution in [0.5, 0.6) is 0 Å². The molecule has 3 aromatic carbocycles. The largest absolute Gasteiger partial charge is 0.366 e. The Hall–Kier alpha value is -2.69. The third-order valence-electron chi connectivity index (χ3n) is 6.11. The molecule has 1 saturated heterocycles. The van der Waals surface area contributed by atoms with Crippen LogP contribution in [-0.2, 0) is 10.0 Å². The SMILES string of the molecule is Cc1ccc(S(=O)(=O)N2CCN(c3c(Cl)cccc3NC(=S)NC(=O)c3ccc(C)c(Cl)c3)CC2)cc1. The molecule has 3 aromatic rings. The number of benzene rings is 3. The van der Waals surface area contributed by atoms with E-state index in [1.165, 1.54) is 4.31 Å². The molecule has 0 aromatic heterocycles. The number of halogens is 2. The predicted octanol–water partition coefficient (Wildman–Crippen LogP) is 5.25. The van der Waals surface area contributed by atoms with Crippen molar-refractivity contribution in [1.82, 2.24) is 9.62 Å². The predicted molar refractivity (Wildman–Crippen MR) is 153 cm³/mol. The summed E-state index contributed by atoms with van der Waals surface area (Å²) in [4.78, 5) is 14.9. The molecule has 11 heteroatoms. The summed E-state index contributed by atoms with van der Waals surface area (Å²) in [5.74, 6) is -0.391. The summed E-state index contributed by atoms with van der Waals surface area (Å²) < 4.78 is 27.6. The van der Waals surface area contributed by atoms with Gasteiger partial charge in [-0.25, -0.2) is 8.42 Å². The highest BCUT2D eigenvalue weighted by atomic mass is 35.5. The van der Waals surface area contributed by atoms with E-state index in [1.54, 1.807) is 60.7 Å². The number of thiocarbonyl (C=S) groups is 1. The maximum absolute atomic E-state index is 13.1. The Balaban J connectivity index is 1.45. The molecule has 1 fully saturated rings. The molecular weight excluding hydrogens is 551 g/mol. The second-order valence-corrected chi connectivity index (χ2v) is 11.9. The second kappa shape index (κ2) is 11.4. The molecular formula is C26H26Cl2N4O3S2. The van der Waals surface area contributed by atoms with E-state index in [0.717, 1.165) is 11.1 Å². The monoisotopic (exact) mass is 576 g/mol. The van der Waals surface area contributed by atoms with Crippen molar-refractivity contribution in [2.24, 2.45) is 0 Å². The Morgan fingerprint density at radius 1 is 0.919 bits per heavy atom. The summed E-state index contributed by atoms with van der Waals surface area (Å²) >= 11 is 18.1. The highest BCUT2D eigenvalue weighted by molar-refractivity contribution is 7.89. The lowest BCUT2D eigenvalue weighted by molar-refractivity contribution is 0.0977. The van der Waals surface area contributed by atoms with E-state index in [-0.39, 0.29) is 10.0 Å². The number of rotatable bonds is 5. The Morgan fingerprint density at radius 2 is 1.59 bits per heavy atom. The number of nitrogens with one attached hydrogen (secondary N) is 2. The number of hydrogen-bond donors (Lipinski definition) is 2. The number of hydrogen-bond acceptors (Lipinski definition) is 5. The fraction of sp³-hybridized carbons (Fsp3) is 0.231. The van der Waals surface area contributed by atoms with Crippen LogP contribution in [-0.4, -0.2) is 49.9 Å². The van der Waals surface area contributed by atoms with Crippen LogP contribution in [0.3, 0.4) is 0 Å². The van der Waals surface area contributed by atoms with Crippen molar-refractivity contribution in [3.63, 3.8) is 0 Å². The van der Waals surface area contributed by atoms with Gasteiger partial charge in [0.15, 0.2) is 5.11 Å². The van der Waals surface area contributed by atoms with E-state index in [1.807, 2.05) is 18.7 Å². The first kappa shape index (κ1) is 27.3. The van der Waals surface area contributed by atoms with Gasteiger partial charge in [-0.1, -0.05) is 53.0 Å². The van der Waals surface area contributed by atoms with Crippen molar-refractivity contribution in [1.29, 1.82) is 0 Å². The first-order valence-electron chi connectivity index (χ1n) is 11.5. The van der Waals surface area contributed by atoms with E-state index in [9.17, 15) is 13.2 Å². The smallest absolute Gasteiger partial charge is 0.257 e. The number of anilines is 2. The van der Waals surface area contributed by atoms with E-state index in [0.29, 0.717) is 53.2 Å². The number of amides is 1. The lowest BCUT2D eigenvalue weighted by atomic mass is 10.1. The summed E-state index contributed by atoms with van der Waals surface area (Å²) in [7, 11) is -3.59. The molecule has 4 rings (SSSR count). The van der Waals surface area contributed by atoms with Gasteiger partial charge in [0.05, 0.1) is 21.3 Å². The number of piperazine rings is 1. The Labute approximate surface area is 232 Å². The van der Waals surface area contributed by atoms with Crippen LogP contribution in [0.15, 0.2) is 65.6 Å². The first-order chi connectivity index (χ1) is 17.6. The topological polar surface area (TPSA) is 81.8 Å². The quantitative estimate of drug-likeness (QED) is 0.404. The third kappa shape index (κ3) is 6.25.